The van der Waals surface area contributed by atoms with Crippen molar-refractivity contribution in [3.8, 4) is 0 Å². The number of carbonyl (C=O) groups excluding carboxylic acids is 1. The number of rotatable bonds is 4. The van der Waals surface area contributed by atoms with E-state index in [2.05, 4.69) is 15.9 Å². The Morgan fingerprint density at radius 3 is 2.38 bits per heavy atom. The lowest BCUT2D eigenvalue weighted by molar-refractivity contribution is -0.135. The largest absolute Gasteiger partial charge is 0.452 e. The Morgan fingerprint density at radius 2 is 1.86 bits per heavy atom. The predicted molar refractivity (Wildman–Crippen MR) is 86.8 cm³/mol. The second-order valence-electron chi connectivity index (χ2n) is 5.61. The molecule has 0 spiro atoms. The standard InChI is InChI=1S/C16H19BrN2O2/c1-16(2,11-4-6-12(18)7-5-11)15(20)19(3)10-13-8-9-14(17)21-13/h4-9H,10,18H2,1-3H3. The molecular formula is C16H19BrN2O2. The van der Waals surface area contributed by atoms with Crippen molar-refractivity contribution in [3.63, 3.8) is 0 Å². The monoisotopic (exact) mass is 350 g/mol. The van der Waals surface area contributed by atoms with Gasteiger partial charge in [-0.3, -0.25) is 4.79 Å². The Labute approximate surface area is 133 Å². The van der Waals surface area contributed by atoms with Gasteiger partial charge in [0.15, 0.2) is 4.67 Å². The number of likely N-dealkylation sites (N-methyl/N-ethyl adjacent to an activating group) is 1. The van der Waals surface area contributed by atoms with Gasteiger partial charge in [-0.2, -0.15) is 0 Å². The molecule has 0 radical (unpaired) electrons. The van der Waals surface area contributed by atoms with E-state index in [9.17, 15) is 4.79 Å². The van der Waals surface area contributed by atoms with Gasteiger partial charge in [0.25, 0.3) is 0 Å². The van der Waals surface area contributed by atoms with Crippen LogP contribution in [0, 0.1) is 0 Å². The van der Waals surface area contributed by atoms with Crippen LogP contribution in [-0.4, -0.2) is 17.9 Å². The maximum absolute atomic E-state index is 12.7. The van der Waals surface area contributed by atoms with Crippen molar-refractivity contribution < 1.29 is 9.21 Å². The number of furan rings is 1. The number of anilines is 1. The first-order valence-corrected chi connectivity index (χ1v) is 7.46. The summed E-state index contributed by atoms with van der Waals surface area (Å²) in [5, 5.41) is 0. The molecule has 0 aliphatic rings. The Balaban J connectivity index is 2.15. The van der Waals surface area contributed by atoms with E-state index in [1.807, 2.05) is 50.2 Å². The van der Waals surface area contributed by atoms with Crippen molar-refractivity contribution in [1.29, 1.82) is 0 Å². The topological polar surface area (TPSA) is 59.5 Å². The number of carbonyl (C=O) groups is 1. The number of nitrogens with zero attached hydrogens (tertiary/aromatic N) is 1. The van der Waals surface area contributed by atoms with E-state index >= 15 is 0 Å². The molecule has 112 valence electrons. The molecule has 1 heterocycles. The van der Waals surface area contributed by atoms with Gasteiger partial charge in [-0.25, -0.2) is 0 Å². The van der Waals surface area contributed by atoms with E-state index in [4.69, 9.17) is 10.2 Å². The molecule has 0 bridgehead atoms. The van der Waals surface area contributed by atoms with Crippen molar-refractivity contribution in [2.75, 3.05) is 12.8 Å². The summed E-state index contributed by atoms with van der Waals surface area (Å²) in [6, 6.07) is 11.1. The lowest BCUT2D eigenvalue weighted by Crippen LogP contribution is -2.40. The second kappa shape index (κ2) is 5.93. The van der Waals surface area contributed by atoms with Crippen molar-refractivity contribution in [2.24, 2.45) is 0 Å². The van der Waals surface area contributed by atoms with Crippen LogP contribution in [0.1, 0.15) is 25.2 Å². The minimum atomic E-state index is -0.619. The Morgan fingerprint density at radius 1 is 1.24 bits per heavy atom. The maximum Gasteiger partial charge on any atom is 0.232 e. The lowest BCUT2D eigenvalue weighted by Gasteiger charge is -2.29. The van der Waals surface area contributed by atoms with Crippen LogP contribution in [0.4, 0.5) is 5.69 Å². The molecule has 2 aromatic rings. The minimum Gasteiger partial charge on any atom is -0.452 e. The van der Waals surface area contributed by atoms with Crippen LogP contribution >= 0.6 is 15.9 Å². The Bertz CT molecular complexity index is 632. The van der Waals surface area contributed by atoms with Gasteiger partial charge < -0.3 is 15.1 Å². The van der Waals surface area contributed by atoms with E-state index < -0.39 is 5.41 Å². The number of nitrogen functional groups attached to an aromatic ring is 1. The number of hydrogen-bond donors (Lipinski definition) is 1. The third-order valence-electron chi connectivity index (χ3n) is 3.54. The molecule has 1 aromatic carbocycles. The van der Waals surface area contributed by atoms with Gasteiger partial charge in [0.05, 0.1) is 12.0 Å². The molecule has 2 rings (SSSR count). The molecule has 1 aromatic heterocycles. The first-order valence-electron chi connectivity index (χ1n) is 6.66. The van der Waals surface area contributed by atoms with Gasteiger partial charge in [0.1, 0.15) is 5.76 Å². The van der Waals surface area contributed by atoms with E-state index in [1.54, 1.807) is 11.9 Å². The number of nitrogens with two attached hydrogens (primary N) is 1. The van der Waals surface area contributed by atoms with Crippen LogP contribution in [-0.2, 0) is 16.8 Å². The van der Waals surface area contributed by atoms with Gasteiger partial charge in [0.2, 0.25) is 5.91 Å². The first-order chi connectivity index (χ1) is 9.80. The maximum atomic E-state index is 12.7. The zero-order valence-corrected chi connectivity index (χ0v) is 14.0. The minimum absolute atomic E-state index is 0.0276. The molecule has 0 unspecified atom stereocenters. The van der Waals surface area contributed by atoms with Gasteiger partial charge in [-0.1, -0.05) is 12.1 Å². The van der Waals surface area contributed by atoms with Gasteiger partial charge in [-0.15, -0.1) is 0 Å². The summed E-state index contributed by atoms with van der Waals surface area (Å²) in [5.41, 5.74) is 6.71. The molecule has 0 fully saturated rings. The fraction of sp³-hybridized carbons (Fsp3) is 0.312. The SMILES string of the molecule is CN(Cc1ccc(Br)o1)C(=O)C(C)(C)c1ccc(N)cc1. The highest BCUT2D eigenvalue weighted by Gasteiger charge is 2.32. The van der Waals surface area contributed by atoms with E-state index in [0.717, 1.165) is 11.3 Å². The number of hydrogen-bond acceptors (Lipinski definition) is 3. The van der Waals surface area contributed by atoms with E-state index in [1.165, 1.54) is 0 Å². The third-order valence-corrected chi connectivity index (χ3v) is 3.96. The van der Waals surface area contributed by atoms with E-state index in [0.29, 0.717) is 16.9 Å². The lowest BCUT2D eigenvalue weighted by atomic mass is 9.83. The number of benzene rings is 1. The van der Waals surface area contributed by atoms with Crippen molar-refractivity contribution in [1.82, 2.24) is 4.90 Å². The van der Waals surface area contributed by atoms with Crippen molar-refractivity contribution in [2.45, 2.75) is 25.8 Å². The Hall–Kier alpha value is -1.75. The van der Waals surface area contributed by atoms with Crippen LogP contribution in [0.25, 0.3) is 0 Å². The van der Waals surface area contributed by atoms with Gasteiger partial charge in [-0.05, 0) is 59.6 Å². The van der Waals surface area contributed by atoms with Crippen LogP contribution in [0.5, 0.6) is 0 Å². The fourth-order valence-electron chi connectivity index (χ4n) is 2.24. The molecular weight excluding hydrogens is 332 g/mol. The molecule has 21 heavy (non-hydrogen) atoms. The third kappa shape index (κ3) is 3.47. The quantitative estimate of drug-likeness (QED) is 0.857. The summed E-state index contributed by atoms with van der Waals surface area (Å²) in [5.74, 6) is 0.769. The molecule has 0 saturated carbocycles. The summed E-state index contributed by atoms with van der Waals surface area (Å²) in [7, 11) is 1.78. The van der Waals surface area contributed by atoms with E-state index in [-0.39, 0.29) is 5.91 Å². The summed E-state index contributed by atoms with van der Waals surface area (Å²) < 4.78 is 6.11. The van der Waals surface area contributed by atoms with Crippen molar-refractivity contribution in [3.05, 3.63) is 52.4 Å². The first kappa shape index (κ1) is 15.6. The zero-order chi connectivity index (χ0) is 15.6. The Kier molecular flexibility index (Phi) is 4.42. The van der Waals surface area contributed by atoms with Crippen LogP contribution in [0.3, 0.4) is 0 Å². The fourth-order valence-corrected chi connectivity index (χ4v) is 2.58. The predicted octanol–water partition coefficient (Wildman–Crippen LogP) is 3.56. The molecule has 5 heteroatoms. The second-order valence-corrected chi connectivity index (χ2v) is 6.40. The normalized spacial score (nSPS) is 11.4. The molecule has 0 saturated heterocycles. The summed E-state index contributed by atoms with van der Waals surface area (Å²) >= 11 is 3.26. The molecule has 0 aliphatic heterocycles. The molecule has 1 amide bonds. The molecule has 4 nitrogen and oxygen atoms in total. The molecule has 0 aliphatic carbocycles. The van der Waals surface area contributed by atoms with Crippen LogP contribution in [0.2, 0.25) is 0 Å². The average molecular weight is 351 g/mol. The molecule has 2 N–H and O–H groups in total. The highest BCUT2D eigenvalue weighted by molar-refractivity contribution is 9.10. The van der Waals surface area contributed by atoms with Crippen LogP contribution < -0.4 is 5.73 Å². The number of amides is 1. The zero-order valence-electron chi connectivity index (χ0n) is 12.4. The van der Waals surface area contributed by atoms with Gasteiger partial charge in [0, 0.05) is 12.7 Å². The van der Waals surface area contributed by atoms with Gasteiger partial charge >= 0.3 is 0 Å². The summed E-state index contributed by atoms with van der Waals surface area (Å²) in [6.45, 7) is 4.26. The highest BCUT2D eigenvalue weighted by Crippen LogP contribution is 2.27. The summed E-state index contributed by atoms with van der Waals surface area (Å²) in [4.78, 5) is 14.4. The van der Waals surface area contributed by atoms with Crippen LogP contribution in [0.15, 0.2) is 45.5 Å². The smallest absolute Gasteiger partial charge is 0.232 e. The molecule has 0 atom stereocenters. The van der Waals surface area contributed by atoms with Crippen molar-refractivity contribution >= 4 is 27.5 Å². The highest BCUT2D eigenvalue weighted by atomic mass is 79.9. The average Bonchev–Trinajstić information content (AvgIpc) is 2.83. The summed E-state index contributed by atoms with van der Waals surface area (Å²) in [6.07, 6.45) is 0. The number of halogens is 1.